The van der Waals surface area contributed by atoms with Crippen LogP contribution in [0.1, 0.15) is 16.7 Å². The van der Waals surface area contributed by atoms with Gasteiger partial charge in [-0.25, -0.2) is 14.1 Å². The lowest BCUT2D eigenvalue weighted by Crippen LogP contribution is -2.54. The Morgan fingerprint density at radius 1 is 1.06 bits per heavy atom. The lowest BCUT2D eigenvalue weighted by atomic mass is 10.1. The van der Waals surface area contributed by atoms with E-state index in [4.69, 9.17) is 9.47 Å². The number of halogens is 2. The number of hydrogen-bond donors (Lipinski definition) is 1. The highest BCUT2D eigenvalue weighted by molar-refractivity contribution is 14.1. The molecule has 0 atom stereocenters. The lowest BCUT2D eigenvalue weighted by molar-refractivity contribution is -0.122. The van der Waals surface area contributed by atoms with Gasteiger partial charge in [-0.3, -0.25) is 14.9 Å². The molecule has 35 heavy (non-hydrogen) atoms. The van der Waals surface area contributed by atoms with Gasteiger partial charge >= 0.3 is 6.03 Å². The fraction of sp³-hybridized carbons (Fsp3) is 0.115. The van der Waals surface area contributed by atoms with Gasteiger partial charge in [0.15, 0.2) is 11.5 Å². The summed E-state index contributed by atoms with van der Waals surface area (Å²) >= 11 is 2.08. The average Bonchev–Trinajstić information content (AvgIpc) is 2.82. The number of nitrogens with one attached hydrogen (secondary N) is 1. The first-order valence-electron chi connectivity index (χ1n) is 10.5. The molecular formula is C26H20FIN2O5. The average molecular weight is 586 g/mol. The quantitative estimate of drug-likeness (QED) is 0.250. The van der Waals surface area contributed by atoms with E-state index in [0.717, 1.165) is 22.1 Å². The van der Waals surface area contributed by atoms with Crippen molar-refractivity contribution < 1.29 is 28.2 Å². The second-order valence-corrected chi connectivity index (χ2v) is 8.91. The molecule has 1 aliphatic heterocycles. The molecule has 0 radical (unpaired) electrons. The number of aryl methyl sites for hydroxylation is 1. The zero-order chi connectivity index (χ0) is 25.1. The molecule has 7 nitrogen and oxygen atoms in total. The van der Waals surface area contributed by atoms with Crippen molar-refractivity contribution in [2.24, 2.45) is 0 Å². The van der Waals surface area contributed by atoms with Gasteiger partial charge in [0.05, 0.1) is 16.4 Å². The predicted molar refractivity (Wildman–Crippen MR) is 137 cm³/mol. The molecule has 0 aliphatic carbocycles. The fourth-order valence-electron chi connectivity index (χ4n) is 3.48. The van der Waals surface area contributed by atoms with E-state index < -0.39 is 23.7 Å². The highest BCUT2D eigenvalue weighted by atomic mass is 127. The number of methoxy groups -OCH3 is 1. The Kier molecular flexibility index (Phi) is 7.15. The number of carbonyl (C=O) groups excluding carboxylic acids is 3. The van der Waals surface area contributed by atoms with E-state index in [1.807, 2.05) is 31.2 Å². The summed E-state index contributed by atoms with van der Waals surface area (Å²) in [5.41, 5.74) is 2.36. The zero-order valence-corrected chi connectivity index (χ0v) is 21.0. The number of ether oxygens (including phenoxy) is 2. The number of benzene rings is 3. The van der Waals surface area contributed by atoms with Crippen LogP contribution in [0.15, 0.2) is 66.2 Å². The standard InChI is InChI=1S/C26H20FIN2O5/c1-15-6-8-16(9-7-15)14-35-23-21(28)11-17(12-22(23)34-2)10-20-24(31)29-26(33)30(25(20)32)19-5-3-4-18(27)13-19/h3-13H,14H2,1-2H3,(H,29,31,33)/b20-10+. The third kappa shape index (κ3) is 5.35. The van der Waals surface area contributed by atoms with Crippen molar-refractivity contribution >= 4 is 52.2 Å². The molecule has 1 aliphatic rings. The van der Waals surface area contributed by atoms with Gasteiger partial charge in [0, 0.05) is 0 Å². The van der Waals surface area contributed by atoms with Gasteiger partial charge < -0.3 is 9.47 Å². The number of hydrogen-bond acceptors (Lipinski definition) is 5. The van der Waals surface area contributed by atoms with Crippen LogP contribution in [0.5, 0.6) is 11.5 Å². The first kappa shape index (κ1) is 24.4. The Bertz CT molecular complexity index is 1350. The molecule has 1 saturated heterocycles. The second kappa shape index (κ2) is 10.3. The highest BCUT2D eigenvalue weighted by Crippen LogP contribution is 2.35. The summed E-state index contributed by atoms with van der Waals surface area (Å²) in [6.45, 7) is 2.34. The van der Waals surface area contributed by atoms with Gasteiger partial charge in [0.1, 0.15) is 18.0 Å². The van der Waals surface area contributed by atoms with Crippen molar-refractivity contribution in [2.45, 2.75) is 13.5 Å². The SMILES string of the molecule is COc1cc(/C=C2\C(=O)NC(=O)N(c3cccc(F)c3)C2=O)cc(I)c1OCc1ccc(C)cc1. The van der Waals surface area contributed by atoms with Crippen LogP contribution in [0.2, 0.25) is 0 Å². The molecule has 178 valence electrons. The minimum Gasteiger partial charge on any atom is -0.493 e. The van der Waals surface area contributed by atoms with E-state index in [9.17, 15) is 18.8 Å². The smallest absolute Gasteiger partial charge is 0.335 e. The van der Waals surface area contributed by atoms with Crippen LogP contribution in [0, 0.1) is 16.3 Å². The molecule has 1 N–H and O–H groups in total. The van der Waals surface area contributed by atoms with Crippen molar-refractivity contribution in [3.63, 3.8) is 0 Å². The minimum absolute atomic E-state index is 0.0120. The van der Waals surface area contributed by atoms with Crippen LogP contribution in [-0.2, 0) is 16.2 Å². The van der Waals surface area contributed by atoms with Gasteiger partial charge in [-0.2, -0.15) is 0 Å². The first-order chi connectivity index (χ1) is 16.8. The van der Waals surface area contributed by atoms with E-state index in [2.05, 4.69) is 27.9 Å². The monoisotopic (exact) mass is 586 g/mol. The van der Waals surface area contributed by atoms with Crippen LogP contribution in [0.25, 0.3) is 6.08 Å². The van der Waals surface area contributed by atoms with E-state index in [-0.39, 0.29) is 11.3 Å². The molecule has 4 rings (SSSR count). The molecule has 3 aromatic carbocycles. The molecule has 1 heterocycles. The first-order valence-corrected chi connectivity index (χ1v) is 11.6. The molecule has 4 amide bonds. The molecule has 0 spiro atoms. The Hall–Kier alpha value is -3.73. The van der Waals surface area contributed by atoms with Gasteiger partial charge in [0.25, 0.3) is 11.8 Å². The largest absolute Gasteiger partial charge is 0.493 e. The topological polar surface area (TPSA) is 84.9 Å². The number of barbiturate groups is 1. The number of imide groups is 2. The van der Waals surface area contributed by atoms with Crippen LogP contribution >= 0.6 is 22.6 Å². The molecule has 3 aromatic rings. The van der Waals surface area contributed by atoms with Crippen molar-refractivity contribution in [1.29, 1.82) is 0 Å². The van der Waals surface area contributed by atoms with Crippen molar-refractivity contribution in [1.82, 2.24) is 5.32 Å². The minimum atomic E-state index is -0.949. The summed E-state index contributed by atoms with van der Waals surface area (Å²) in [7, 11) is 1.49. The maximum atomic E-state index is 13.7. The number of urea groups is 1. The molecule has 0 aromatic heterocycles. The van der Waals surface area contributed by atoms with Crippen molar-refractivity contribution in [3.8, 4) is 11.5 Å². The molecular weight excluding hydrogens is 566 g/mol. The third-order valence-corrected chi connectivity index (χ3v) is 6.04. The Morgan fingerprint density at radius 2 is 1.80 bits per heavy atom. The summed E-state index contributed by atoms with van der Waals surface area (Å²) in [4.78, 5) is 38.6. The molecule has 0 saturated carbocycles. The second-order valence-electron chi connectivity index (χ2n) is 7.75. The maximum Gasteiger partial charge on any atom is 0.335 e. The van der Waals surface area contributed by atoms with E-state index in [1.54, 1.807) is 12.1 Å². The normalized spacial score (nSPS) is 14.8. The number of rotatable bonds is 6. The van der Waals surface area contributed by atoms with Gasteiger partial charge in [0.2, 0.25) is 0 Å². The third-order valence-electron chi connectivity index (χ3n) is 5.23. The molecule has 1 fully saturated rings. The van der Waals surface area contributed by atoms with Gasteiger partial charge in [-0.15, -0.1) is 0 Å². The molecule has 9 heteroatoms. The van der Waals surface area contributed by atoms with Gasteiger partial charge in [-0.05, 0) is 77.0 Å². The Balaban J connectivity index is 1.64. The van der Waals surface area contributed by atoms with Gasteiger partial charge in [-0.1, -0.05) is 35.9 Å². The van der Waals surface area contributed by atoms with E-state index >= 15 is 0 Å². The fourth-order valence-corrected chi connectivity index (χ4v) is 4.26. The Labute approximate surface area is 214 Å². The van der Waals surface area contributed by atoms with Crippen molar-refractivity contribution in [3.05, 3.63) is 92.3 Å². The lowest BCUT2D eigenvalue weighted by Gasteiger charge is -2.26. The summed E-state index contributed by atoms with van der Waals surface area (Å²) in [6.07, 6.45) is 1.35. The maximum absolute atomic E-state index is 13.7. The predicted octanol–water partition coefficient (Wildman–Crippen LogP) is 4.99. The van der Waals surface area contributed by atoms with Crippen molar-refractivity contribution in [2.75, 3.05) is 12.0 Å². The highest BCUT2D eigenvalue weighted by Gasteiger charge is 2.37. The molecule has 0 unspecified atom stereocenters. The summed E-state index contributed by atoms with van der Waals surface area (Å²) < 4.78 is 25.8. The number of nitrogens with zero attached hydrogens (tertiary/aromatic N) is 1. The van der Waals surface area contributed by atoms with Crippen LogP contribution in [-0.4, -0.2) is 25.0 Å². The van der Waals surface area contributed by atoms with E-state index in [1.165, 1.54) is 31.4 Å². The number of carbonyl (C=O) groups is 3. The summed E-state index contributed by atoms with van der Waals surface area (Å²) in [5, 5.41) is 2.12. The van der Waals surface area contributed by atoms with Crippen LogP contribution < -0.4 is 19.7 Å². The Morgan fingerprint density at radius 3 is 2.49 bits per heavy atom. The van der Waals surface area contributed by atoms with E-state index in [0.29, 0.717) is 27.2 Å². The number of anilines is 1. The number of amides is 4. The zero-order valence-electron chi connectivity index (χ0n) is 18.8. The summed E-state index contributed by atoms with van der Waals surface area (Å²) in [6, 6.07) is 15.4. The van der Waals surface area contributed by atoms with Crippen LogP contribution in [0.4, 0.5) is 14.9 Å². The summed E-state index contributed by atoms with van der Waals surface area (Å²) in [5.74, 6) is -1.39. The van der Waals surface area contributed by atoms with Crippen LogP contribution in [0.3, 0.4) is 0 Å². The molecule has 0 bridgehead atoms.